The molecule has 0 radical (unpaired) electrons. The molecule has 1 N–H and O–H groups in total. The molecule has 1 fully saturated rings. The molecule has 0 saturated carbocycles. The van der Waals surface area contributed by atoms with Crippen LogP contribution in [-0.4, -0.2) is 54.4 Å². The van der Waals surface area contributed by atoms with Gasteiger partial charge in [-0.3, -0.25) is 14.6 Å². The number of piperazine rings is 1. The largest absolute Gasteiger partial charge is 0.367 e. The summed E-state index contributed by atoms with van der Waals surface area (Å²) >= 11 is 0. The number of hydrogen-bond acceptors (Lipinski definition) is 4. The van der Waals surface area contributed by atoms with Crippen LogP contribution in [0.25, 0.3) is 0 Å². The fraction of sp³-hybridized carbons (Fsp3) is 0.500. The molecule has 1 aromatic heterocycles. The van der Waals surface area contributed by atoms with Gasteiger partial charge >= 0.3 is 0 Å². The van der Waals surface area contributed by atoms with Gasteiger partial charge in [-0.25, -0.2) is 0 Å². The zero-order chi connectivity index (χ0) is 14.5. The Morgan fingerprint density at radius 2 is 2.00 bits per heavy atom. The molecule has 1 aliphatic rings. The van der Waals surface area contributed by atoms with Gasteiger partial charge in [0.05, 0.1) is 17.4 Å². The minimum Gasteiger partial charge on any atom is -0.367 e. The smallest absolute Gasteiger partial charge is 0.253 e. The summed E-state index contributed by atoms with van der Waals surface area (Å²) in [4.78, 5) is 30.7. The highest BCUT2D eigenvalue weighted by molar-refractivity contribution is 5.94. The van der Waals surface area contributed by atoms with Gasteiger partial charge in [0, 0.05) is 38.4 Å². The molecule has 6 nitrogen and oxygen atoms in total. The average molecular weight is 276 g/mol. The van der Waals surface area contributed by atoms with Crippen LogP contribution >= 0.6 is 0 Å². The van der Waals surface area contributed by atoms with Crippen molar-refractivity contribution >= 4 is 18.0 Å². The van der Waals surface area contributed by atoms with Crippen molar-refractivity contribution in [1.82, 2.24) is 15.2 Å². The Morgan fingerprint density at radius 3 is 2.60 bits per heavy atom. The second kappa shape index (κ2) is 6.36. The molecule has 2 rings (SSSR count). The summed E-state index contributed by atoms with van der Waals surface area (Å²) in [6, 6.07) is 1.95. The predicted molar refractivity (Wildman–Crippen MR) is 76.7 cm³/mol. The highest BCUT2D eigenvalue weighted by atomic mass is 16.1. The first-order valence-corrected chi connectivity index (χ1v) is 6.80. The van der Waals surface area contributed by atoms with Gasteiger partial charge in [0.2, 0.25) is 6.41 Å². The van der Waals surface area contributed by atoms with Gasteiger partial charge in [-0.05, 0) is 19.9 Å². The van der Waals surface area contributed by atoms with E-state index in [0.29, 0.717) is 18.7 Å². The second-order valence-electron chi connectivity index (χ2n) is 5.19. The summed E-state index contributed by atoms with van der Waals surface area (Å²) in [5.41, 5.74) is 1.49. The van der Waals surface area contributed by atoms with Crippen molar-refractivity contribution in [2.75, 3.05) is 31.1 Å². The number of aromatic nitrogens is 1. The van der Waals surface area contributed by atoms with E-state index >= 15 is 0 Å². The van der Waals surface area contributed by atoms with Crippen molar-refractivity contribution < 1.29 is 9.59 Å². The lowest BCUT2D eigenvalue weighted by Crippen LogP contribution is -2.45. The number of carbonyl (C=O) groups is 2. The maximum atomic E-state index is 12.0. The summed E-state index contributed by atoms with van der Waals surface area (Å²) < 4.78 is 0. The van der Waals surface area contributed by atoms with E-state index in [0.717, 1.165) is 25.2 Å². The predicted octanol–water partition coefficient (Wildman–Crippen LogP) is 0.498. The van der Waals surface area contributed by atoms with E-state index in [1.165, 1.54) is 0 Å². The van der Waals surface area contributed by atoms with Crippen LogP contribution in [0.15, 0.2) is 18.5 Å². The average Bonchev–Trinajstić information content (AvgIpc) is 2.47. The number of carbonyl (C=O) groups excluding carboxylic acids is 2. The number of anilines is 1. The van der Waals surface area contributed by atoms with E-state index in [2.05, 4.69) is 15.2 Å². The van der Waals surface area contributed by atoms with Gasteiger partial charge in [0.15, 0.2) is 0 Å². The highest BCUT2D eigenvalue weighted by Gasteiger charge is 2.17. The molecule has 1 saturated heterocycles. The molecule has 0 spiro atoms. The molecule has 1 aromatic rings. The molecule has 0 aromatic carbocycles. The summed E-state index contributed by atoms with van der Waals surface area (Å²) in [5, 5.41) is 2.85. The van der Waals surface area contributed by atoms with Crippen LogP contribution in [0.1, 0.15) is 24.2 Å². The Hall–Kier alpha value is -2.11. The van der Waals surface area contributed by atoms with Crippen molar-refractivity contribution in [2.45, 2.75) is 19.9 Å². The monoisotopic (exact) mass is 276 g/mol. The van der Waals surface area contributed by atoms with Gasteiger partial charge in [-0.2, -0.15) is 0 Å². The van der Waals surface area contributed by atoms with E-state index in [4.69, 9.17) is 0 Å². The minimum absolute atomic E-state index is 0.0993. The van der Waals surface area contributed by atoms with Gasteiger partial charge in [0.25, 0.3) is 5.91 Å². The molecule has 1 aliphatic heterocycles. The Balaban J connectivity index is 2.06. The zero-order valence-electron chi connectivity index (χ0n) is 11.9. The molecule has 20 heavy (non-hydrogen) atoms. The van der Waals surface area contributed by atoms with Gasteiger partial charge in [-0.1, -0.05) is 0 Å². The number of hydrogen-bond donors (Lipinski definition) is 1. The topological polar surface area (TPSA) is 65.5 Å². The lowest BCUT2D eigenvalue weighted by Gasteiger charge is -2.34. The first-order valence-electron chi connectivity index (χ1n) is 6.80. The Kier molecular flexibility index (Phi) is 4.55. The first-order chi connectivity index (χ1) is 9.60. The van der Waals surface area contributed by atoms with Crippen LogP contribution in [0.3, 0.4) is 0 Å². The summed E-state index contributed by atoms with van der Waals surface area (Å²) in [7, 11) is 0. The lowest BCUT2D eigenvalue weighted by molar-refractivity contribution is -0.118. The van der Waals surface area contributed by atoms with Crippen LogP contribution in [-0.2, 0) is 4.79 Å². The molecule has 0 unspecified atom stereocenters. The van der Waals surface area contributed by atoms with Gasteiger partial charge in [-0.15, -0.1) is 0 Å². The first kappa shape index (κ1) is 14.3. The van der Waals surface area contributed by atoms with Crippen molar-refractivity contribution in [3.8, 4) is 0 Å². The number of nitrogens with one attached hydrogen (secondary N) is 1. The van der Waals surface area contributed by atoms with Gasteiger partial charge in [0.1, 0.15) is 0 Å². The van der Waals surface area contributed by atoms with Crippen molar-refractivity contribution in [1.29, 1.82) is 0 Å². The number of amides is 2. The minimum atomic E-state index is -0.110. The number of rotatable bonds is 4. The van der Waals surface area contributed by atoms with Crippen molar-refractivity contribution in [3.05, 3.63) is 24.0 Å². The fourth-order valence-corrected chi connectivity index (χ4v) is 2.16. The molecule has 0 bridgehead atoms. The highest BCUT2D eigenvalue weighted by Crippen LogP contribution is 2.16. The van der Waals surface area contributed by atoms with Crippen LogP contribution in [0.4, 0.5) is 5.69 Å². The molecule has 108 valence electrons. The third-order valence-electron chi connectivity index (χ3n) is 3.23. The van der Waals surface area contributed by atoms with Crippen LogP contribution in [0.5, 0.6) is 0 Å². The van der Waals surface area contributed by atoms with E-state index in [9.17, 15) is 9.59 Å². The Morgan fingerprint density at radius 1 is 1.30 bits per heavy atom. The van der Waals surface area contributed by atoms with Crippen LogP contribution in [0, 0.1) is 0 Å². The zero-order valence-corrected chi connectivity index (χ0v) is 11.9. The van der Waals surface area contributed by atoms with E-state index < -0.39 is 0 Å². The standard InChI is InChI=1S/C14H20N4O2/c1-11(2)16-14(20)12-7-13(9-15-8-12)18-5-3-17(10-19)4-6-18/h7-11H,3-6H2,1-2H3,(H,16,20). The maximum Gasteiger partial charge on any atom is 0.253 e. The third kappa shape index (κ3) is 3.46. The summed E-state index contributed by atoms with van der Waals surface area (Å²) in [5.74, 6) is -0.110. The second-order valence-corrected chi connectivity index (χ2v) is 5.19. The van der Waals surface area contributed by atoms with Crippen LogP contribution < -0.4 is 10.2 Å². The third-order valence-corrected chi connectivity index (χ3v) is 3.23. The number of nitrogens with zero attached hydrogens (tertiary/aromatic N) is 3. The Bertz CT molecular complexity index is 482. The molecule has 2 heterocycles. The lowest BCUT2D eigenvalue weighted by atomic mass is 10.2. The SMILES string of the molecule is CC(C)NC(=O)c1cncc(N2CCN(C=O)CC2)c1. The van der Waals surface area contributed by atoms with Crippen molar-refractivity contribution in [2.24, 2.45) is 0 Å². The summed E-state index contributed by atoms with van der Waals surface area (Å²) in [6.07, 6.45) is 4.20. The molecule has 2 amide bonds. The molecule has 6 heteroatoms. The molecular weight excluding hydrogens is 256 g/mol. The molecular formula is C14H20N4O2. The molecule has 0 atom stereocenters. The number of pyridine rings is 1. The van der Waals surface area contributed by atoms with Gasteiger partial charge < -0.3 is 15.1 Å². The van der Waals surface area contributed by atoms with Crippen LogP contribution in [0.2, 0.25) is 0 Å². The normalized spacial score (nSPS) is 15.3. The van der Waals surface area contributed by atoms with E-state index in [-0.39, 0.29) is 11.9 Å². The fourth-order valence-electron chi connectivity index (χ4n) is 2.16. The van der Waals surface area contributed by atoms with Crippen molar-refractivity contribution in [3.63, 3.8) is 0 Å². The van der Waals surface area contributed by atoms with E-state index in [1.54, 1.807) is 17.3 Å². The quantitative estimate of drug-likeness (QED) is 0.813. The summed E-state index contributed by atoms with van der Waals surface area (Å²) in [6.45, 7) is 6.77. The van der Waals surface area contributed by atoms with E-state index in [1.807, 2.05) is 19.9 Å². The maximum absolute atomic E-state index is 12.0. The molecule has 0 aliphatic carbocycles. The Labute approximate surface area is 118 Å².